The molecule has 0 aliphatic carbocycles. The van der Waals surface area contributed by atoms with Gasteiger partial charge in [0.1, 0.15) is 0 Å². The first-order valence-electron chi connectivity index (χ1n) is 7.86. The average molecular weight is 312 g/mol. The van der Waals surface area contributed by atoms with E-state index in [2.05, 4.69) is 17.4 Å². The van der Waals surface area contributed by atoms with Crippen molar-refractivity contribution in [3.05, 3.63) is 71.8 Å². The summed E-state index contributed by atoms with van der Waals surface area (Å²) in [5.41, 5.74) is 2.28. The van der Waals surface area contributed by atoms with Gasteiger partial charge in [0.2, 0.25) is 5.91 Å². The Kier molecular flexibility index (Phi) is 6.78. The van der Waals surface area contributed by atoms with Gasteiger partial charge in [-0.1, -0.05) is 60.7 Å². The van der Waals surface area contributed by atoms with Gasteiger partial charge in [-0.25, -0.2) is 0 Å². The third-order valence-corrected chi connectivity index (χ3v) is 3.72. The van der Waals surface area contributed by atoms with Crippen LogP contribution in [0.4, 0.5) is 0 Å². The Morgan fingerprint density at radius 2 is 1.70 bits per heavy atom. The quantitative estimate of drug-likeness (QED) is 0.784. The van der Waals surface area contributed by atoms with Crippen molar-refractivity contribution in [3.63, 3.8) is 0 Å². The molecule has 0 fully saturated rings. The lowest BCUT2D eigenvalue weighted by molar-refractivity contribution is -0.122. The van der Waals surface area contributed by atoms with Crippen LogP contribution >= 0.6 is 0 Å². The summed E-state index contributed by atoms with van der Waals surface area (Å²) in [5.74, 6) is -0.0364. The number of carbonyl (C=O) groups is 1. The van der Waals surface area contributed by atoms with E-state index in [-0.39, 0.29) is 25.1 Å². The zero-order chi connectivity index (χ0) is 16.5. The van der Waals surface area contributed by atoms with Crippen molar-refractivity contribution < 1.29 is 9.90 Å². The summed E-state index contributed by atoms with van der Waals surface area (Å²) in [7, 11) is 1.82. The Morgan fingerprint density at radius 1 is 1.09 bits per heavy atom. The monoisotopic (exact) mass is 312 g/mol. The number of likely N-dealkylation sites (N-methyl/N-ethyl adjacent to an activating group) is 1. The van der Waals surface area contributed by atoms with Crippen LogP contribution < -0.4 is 5.32 Å². The number of nitrogens with one attached hydrogen (secondary N) is 1. The van der Waals surface area contributed by atoms with Gasteiger partial charge in [-0.15, -0.1) is 0 Å². The molecule has 0 saturated carbocycles. The minimum atomic E-state index is -0.0615. The van der Waals surface area contributed by atoms with Gasteiger partial charge in [0.05, 0.1) is 19.2 Å². The molecule has 0 aromatic heterocycles. The standard InChI is InChI=1S/C19H24N2O2/c1-21(12-13-22)15-19(23)20-18(17-10-6-3-7-11-17)14-16-8-4-2-5-9-16/h2-11,18,22H,12-15H2,1H3,(H,20,23). The van der Waals surface area contributed by atoms with Crippen LogP contribution in [-0.2, 0) is 11.2 Å². The highest BCUT2D eigenvalue weighted by Crippen LogP contribution is 2.18. The lowest BCUT2D eigenvalue weighted by atomic mass is 9.99. The molecule has 23 heavy (non-hydrogen) atoms. The highest BCUT2D eigenvalue weighted by atomic mass is 16.3. The minimum absolute atomic E-state index is 0.0364. The van der Waals surface area contributed by atoms with Crippen LogP contribution in [0.1, 0.15) is 17.2 Å². The minimum Gasteiger partial charge on any atom is -0.395 e. The molecule has 0 heterocycles. The summed E-state index contributed by atoms with van der Waals surface area (Å²) < 4.78 is 0. The third-order valence-electron chi connectivity index (χ3n) is 3.72. The largest absolute Gasteiger partial charge is 0.395 e. The highest BCUT2D eigenvalue weighted by molar-refractivity contribution is 5.78. The topological polar surface area (TPSA) is 52.6 Å². The molecule has 2 aromatic rings. The number of aliphatic hydroxyl groups is 1. The molecule has 122 valence electrons. The van der Waals surface area contributed by atoms with Crippen molar-refractivity contribution >= 4 is 5.91 Å². The molecular weight excluding hydrogens is 288 g/mol. The van der Waals surface area contributed by atoms with Crippen molar-refractivity contribution in [1.82, 2.24) is 10.2 Å². The lowest BCUT2D eigenvalue weighted by Gasteiger charge is -2.22. The van der Waals surface area contributed by atoms with Gasteiger partial charge in [0, 0.05) is 6.54 Å². The SMILES string of the molecule is CN(CCO)CC(=O)NC(Cc1ccccc1)c1ccccc1. The van der Waals surface area contributed by atoms with Gasteiger partial charge < -0.3 is 10.4 Å². The predicted octanol–water partition coefficient (Wildman–Crippen LogP) is 2.01. The van der Waals surface area contributed by atoms with E-state index < -0.39 is 0 Å². The molecular formula is C19H24N2O2. The number of benzene rings is 2. The number of hydrogen-bond acceptors (Lipinski definition) is 3. The van der Waals surface area contributed by atoms with Gasteiger partial charge in [0.15, 0.2) is 0 Å². The molecule has 2 rings (SSSR count). The summed E-state index contributed by atoms with van der Waals surface area (Å²) in [4.78, 5) is 14.1. The van der Waals surface area contributed by atoms with Gasteiger partial charge in [-0.3, -0.25) is 9.69 Å². The van der Waals surface area contributed by atoms with E-state index >= 15 is 0 Å². The summed E-state index contributed by atoms with van der Waals surface area (Å²) >= 11 is 0. The zero-order valence-electron chi connectivity index (χ0n) is 13.5. The molecule has 0 spiro atoms. The average Bonchev–Trinajstić information content (AvgIpc) is 2.56. The zero-order valence-corrected chi connectivity index (χ0v) is 13.5. The molecule has 0 radical (unpaired) electrons. The Hall–Kier alpha value is -2.17. The summed E-state index contributed by atoms with van der Waals surface area (Å²) in [5, 5.41) is 12.0. The number of aliphatic hydroxyl groups excluding tert-OH is 1. The molecule has 1 amide bonds. The molecule has 2 N–H and O–H groups in total. The second-order valence-corrected chi connectivity index (χ2v) is 5.68. The first-order chi connectivity index (χ1) is 11.2. The molecule has 4 heteroatoms. The number of rotatable bonds is 8. The second-order valence-electron chi connectivity index (χ2n) is 5.68. The number of nitrogens with zero attached hydrogens (tertiary/aromatic N) is 1. The lowest BCUT2D eigenvalue weighted by Crippen LogP contribution is -2.38. The van der Waals surface area contributed by atoms with Crippen molar-refractivity contribution in [2.45, 2.75) is 12.5 Å². The van der Waals surface area contributed by atoms with Crippen LogP contribution in [0.15, 0.2) is 60.7 Å². The van der Waals surface area contributed by atoms with Crippen molar-refractivity contribution in [2.75, 3.05) is 26.7 Å². The fourth-order valence-corrected chi connectivity index (χ4v) is 2.52. The smallest absolute Gasteiger partial charge is 0.234 e. The maximum absolute atomic E-state index is 12.3. The Bertz CT molecular complexity index is 587. The van der Waals surface area contributed by atoms with Gasteiger partial charge in [-0.05, 0) is 24.6 Å². The summed E-state index contributed by atoms with van der Waals surface area (Å²) in [6.45, 7) is 0.816. The Labute approximate surface area is 137 Å². The fraction of sp³-hybridized carbons (Fsp3) is 0.316. The number of carbonyl (C=O) groups excluding carboxylic acids is 1. The van der Waals surface area contributed by atoms with E-state index in [9.17, 15) is 4.79 Å². The van der Waals surface area contributed by atoms with E-state index in [1.165, 1.54) is 5.56 Å². The van der Waals surface area contributed by atoms with Crippen molar-refractivity contribution in [3.8, 4) is 0 Å². The summed E-state index contributed by atoms with van der Waals surface area (Å²) in [6.07, 6.45) is 0.750. The van der Waals surface area contributed by atoms with Crippen LogP contribution in [0.25, 0.3) is 0 Å². The van der Waals surface area contributed by atoms with E-state index in [4.69, 9.17) is 5.11 Å². The Morgan fingerprint density at radius 3 is 2.30 bits per heavy atom. The number of hydrogen-bond donors (Lipinski definition) is 2. The summed E-state index contributed by atoms with van der Waals surface area (Å²) in [6, 6.07) is 20.1. The fourth-order valence-electron chi connectivity index (χ4n) is 2.52. The molecule has 0 aliphatic rings. The van der Waals surface area contributed by atoms with Crippen LogP contribution in [-0.4, -0.2) is 42.7 Å². The van der Waals surface area contributed by atoms with Crippen LogP contribution in [0.3, 0.4) is 0 Å². The van der Waals surface area contributed by atoms with Gasteiger partial charge in [-0.2, -0.15) is 0 Å². The predicted molar refractivity (Wildman–Crippen MR) is 92.1 cm³/mol. The molecule has 4 nitrogen and oxygen atoms in total. The molecule has 0 saturated heterocycles. The molecule has 1 atom stereocenters. The normalized spacial score (nSPS) is 12.1. The van der Waals surface area contributed by atoms with Crippen molar-refractivity contribution in [2.24, 2.45) is 0 Å². The van der Waals surface area contributed by atoms with E-state index in [1.807, 2.05) is 55.6 Å². The van der Waals surface area contributed by atoms with Gasteiger partial charge >= 0.3 is 0 Å². The maximum Gasteiger partial charge on any atom is 0.234 e. The Balaban J connectivity index is 2.06. The van der Waals surface area contributed by atoms with Crippen LogP contribution in [0.5, 0.6) is 0 Å². The van der Waals surface area contributed by atoms with Gasteiger partial charge in [0.25, 0.3) is 0 Å². The van der Waals surface area contributed by atoms with Crippen LogP contribution in [0.2, 0.25) is 0 Å². The number of amides is 1. The van der Waals surface area contributed by atoms with E-state index in [1.54, 1.807) is 4.90 Å². The van der Waals surface area contributed by atoms with E-state index in [0.717, 1.165) is 12.0 Å². The third kappa shape index (κ3) is 5.85. The highest BCUT2D eigenvalue weighted by Gasteiger charge is 2.16. The molecule has 2 aromatic carbocycles. The second kappa shape index (κ2) is 9.08. The first-order valence-corrected chi connectivity index (χ1v) is 7.86. The maximum atomic E-state index is 12.3. The molecule has 1 unspecified atom stereocenters. The first kappa shape index (κ1) is 17.2. The van der Waals surface area contributed by atoms with E-state index in [0.29, 0.717) is 6.54 Å². The van der Waals surface area contributed by atoms with Crippen LogP contribution in [0, 0.1) is 0 Å². The molecule has 0 aliphatic heterocycles. The van der Waals surface area contributed by atoms with Crippen molar-refractivity contribution in [1.29, 1.82) is 0 Å². The molecule has 0 bridgehead atoms.